The van der Waals surface area contributed by atoms with Gasteiger partial charge in [-0.05, 0) is 67.2 Å². The topological polar surface area (TPSA) is 81.4 Å². The van der Waals surface area contributed by atoms with Crippen molar-refractivity contribution >= 4 is 28.2 Å². The highest BCUT2D eigenvalue weighted by atomic mass is 32.1. The van der Waals surface area contributed by atoms with Crippen LogP contribution in [-0.2, 0) is 23.1 Å². The summed E-state index contributed by atoms with van der Waals surface area (Å²) in [7, 11) is 0. The molecular weight excluding hydrogens is 396 g/mol. The van der Waals surface area contributed by atoms with Crippen molar-refractivity contribution in [3.63, 3.8) is 0 Å². The molecule has 5 nitrogen and oxygen atoms in total. The lowest BCUT2D eigenvalue weighted by molar-refractivity contribution is -0.116. The van der Waals surface area contributed by atoms with Crippen molar-refractivity contribution in [1.82, 2.24) is 0 Å². The van der Waals surface area contributed by atoms with Crippen molar-refractivity contribution in [2.45, 2.75) is 71.1 Å². The summed E-state index contributed by atoms with van der Waals surface area (Å²) in [6, 6.07) is 8.19. The lowest BCUT2D eigenvalue weighted by atomic mass is 9.82. The molecule has 0 bridgehead atoms. The molecule has 0 saturated carbocycles. The first-order valence-corrected chi connectivity index (χ1v) is 11.6. The summed E-state index contributed by atoms with van der Waals surface area (Å²) in [5, 5.41) is 3.51. The van der Waals surface area contributed by atoms with E-state index in [1.54, 1.807) is 0 Å². The first kappa shape index (κ1) is 22.3. The number of fused-ring (bicyclic) bond motifs is 1. The molecule has 1 heterocycles. The number of carbonyl (C=O) groups is 2. The van der Waals surface area contributed by atoms with Crippen molar-refractivity contribution in [3.8, 4) is 5.75 Å². The molecule has 0 aliphatic heterocycles. The van der Waals surface area contributed by atoms with E-state index in [2.05, 4.69) is 38.2 Å². The van der Waals surface area contributed by atoms with Gasteiger partial charge in [0, 0.05) is 11.3 Å². The van der Waals surface area contributed by atoms with E-state index in [1.807, 2.05) is 12.1 Å². The SMILES string of the molecule is CCC(C)(C)c1ccc(OCCCC(=O)Nc2sc3c(c2C(N)=O)CCCC3)cc1. The molecule has 162 valence electrons. The van der Waals surface area contributed by atoms with E-state index >= 15 is 0 Å². The third-order valence-corrected chi connectivity index (χ3v) is 7.21. The molecule has 0 radical (unpaired) electrons. The van der Waals surface area contributed by atoms with Crippen LogP contribution in [0.25, 0.3) is 0 Å². The standard InChI is InChI=1S/C24H32N2O3S/c1-4-24(2,3)16-11-13-17(14-12-16)29-15-7-10-20(27)26-23-21(22(25)28)18-8-5-6-9-19(18)30-23/h11-14H,4-10,15H2,1-3H3,(H2,25,28)(H,26,27). The molecule has 2 amide bonds. The van der Waals surface area contributed by atoms with Crippen LogP contribution in [0.2, 0.25) is 0 Å². The van der Waals surface area contributed by atoms with Crippen LogP contribution in [0.1, 0.15) is 79.2 Å². The Balaban J connectivity index is 1.49. The average molecular weight is 429 g/mol. The molecule has 1 aromatic carbocycles. The zero-order valence-electron chi connectivity index (χ0n) is 18.2. The van der Waals surface area contributed by atoms with Crippen LogP contribution in [0.3, 0.4) is 0 Å². The second kappa shape index (κ2) is 9.65. The Bertz CT molecular complexity index is 900. The van der Waals surface area contributed by atoms with Gasteiger partial charge in [0.15, 0.2) is 0 Å². The smallest absolute Gasteiger partial charge is 0.251 e. The van der Waals surface area contributed by atoms with Crippen LogP contribution < -0.4 is 15.8 Å². The normalized spacial score (nSPS) is 13.6. The van der Waals surface area contributed by atoms with Gasteiger partial charge in [-0.3, -0.25) is 9.59 Å². The molecule has 0 atom stereocenters. The van der Waals surface area contributed by atoms with E-state index in [4.69, 9.17) is 10.5 Å². The van der Waals surface area contributed by atoms with Crippen LogP contribution in [0.4, 0.5) is 5.00 Å². The molecule has 0 saturated heterocycles. The van der Waals surface area contributed by atoms with Gasteiger partial charge in [0.05, 0.1) is 12.2 Å². The van der Waals surface area contributed by atoms with Crippen molar-refractivity contribution in [1.29, 1.82) is 0 Å². The zero-order chi connectivity index (χ0) is 21.7. The largest absolute Gasteiger partial charge is 0.494 e. The van der Waals surface area contributed by atoms with Crippen LogP contribution in [0.15, 0.2) is 24.3 Å². The maximum absolute atomic E-state index is 12.4. The first-order valence-electron chi connectivity index (χ1n) is 10.8. The summed E-state index contributed by atoms with van der Waals surface area (Å²) in [6.45, 7) is 7.12. The van der Waals surface area contributed by atoms with Crippen LogP contribution in [0, 0.1) is 0 Å². The first-order chi connectivity index (χ1) is 14.3. The number of benzene rings is 1. The van der Waals surface area contributed by atoms with E-state index in [0.717, 1.165) is 43.4 Å². The number of amides is 2. The molecule has 30 heavy (non-hydrogen) atoms. The van der Waals surface area contributed by atoms with Gasteiger partial charge in [-0.2, -0.15) is 0 Å². The fourth-order valence-corrected chi connectivity index (χ4v) is 5.04. The maximum atomic E-state index is 12.4. The molecular formula is C24H32N2O3S. The molecule has 0 unspecified atom stereocenters. The fraction of sp³-hybridized carbons (Fsp3) is 0.500. The predicted octanol–water partition coefficient (Wildman–Crippen LogP) is 5.21. The van der Waals surface area contributed by atoms with Gasteiger partial charge in [0.2, 0.25) is 5.91 Å². The lowest BCUT2D eigenvalue weighted by Crippen LogP contribution is -2.18. The van der Waals surface area contributed by atoms with E-state index in [0.29, 0.717) is 30.0 Å². The van der Waals surface area contributed by atoms with Gasteiger partial charge in [0.1, 0.15) is 10.8 Å². The Morgan fingerprint density at radius 3 is 2.53 bits per heavy atom. The third-order valence-electron chi connectivity index (χ3n) is 6.01. The monoisotopic (exact) mass is 428 g/mol. The number of aryl methyl sites for hydroxylation is 1. The number of primary amides is 1. The lowest BCUT2D eigenvalue weighted by Gasteiger charge is -2.23. The highest BCUT2D eigenvalue weighted by Crippen LogP contribution is 2.38. The summed E-state index contributed by atoms with van der Waals surface area (Å²) in [5.41, 5.74) is 8.58. The van der Waals surface area contributed by atoms with Crippen molar-refractivity contribution in [2.75, 3.05) is 11.9 Å². The van der Waals surface area contributed by atoms with Crippen molar-refractivity contribution in [2.24, 2.45) is 5.73 Å². The van der Waals surface area contributed by atoms with Gasteiger partial charge in [-0.15, -0.1) is 11.3 Å². The predicted molar refractivity (Wildman–Crippen MR) is 123 cm³/mol. The number of hydrogen-bond donors (Lipinski definition) is 2. The number of nitrogens with two attached hydrogens (primary N) is 1. The summed E-state index contributed by atoms with van der Waals surface area (Å²) in [6.07, 6.45) is 6.01. The third kappa shape index (κ3) is 5.22. The number of hydrogen-bond acceptors (Lipinski definition) is 4. The summed E-state index contributed by atoms with van der Waals surface area (Å²) < 4.78 is 5.78. The summed E-state index contributed by atoms with van der Waals surface area (Å²) in [5.74, 6) is 0.246. The number of nitrogens with one attached hydrogen (secondary N) is 1. The number of thiophene rings is 1. The summed E-state index contributed by atoms with van der Waals surface area (Å²) in [4.78, 5) is 25.5. The maximum Gasteiger partial charge on any atom is 0.251 e. The zero-order valence-corrected chi connectivity index (χ0v) is 19.0. The van der Waals surface area contributed by atoms with E-state index in [-0.39, 0.29) is 11.3 Å². The van der Waals surface area contributed by atoms with E-state index in [9.17, 15) is 9.59 Å². The molecule has 3 N–H and O–H groups in total. The number of anilines is 1. The number of rotatable bonds is 9. The van der Waals surface area contributed by atoms with Crippen LogP contribution in [-0.4, -0.2) is 18.4 Å². The Labute approximate surface area is 183 Å². The van der Waals surface area contributed by atoms with Crippen molar-refractivity contribution in [3.05, 3.63) is 45.8 Å². The number of ether oxygens (including phenoxy) is 1. The average Bonchev–Trinajstić information content (AvgIpc) is 3.09. The minimum Gasteiger partial charge on any atom is -0.494 e. The van der Waals surface area contributed by atoms with Gasteiger partial charge in [0.25, 0.3) is 5.91 Å². The molecule has 3 rings (SSSR count). The Kier molecular flexibility index (Phi) is 7.19. The highest BCUT2D eigenvalue weighted by molar-refractivity contribution is 7.17. The highest BCUT2D eigenvalue weighted by Gasteiger charge is 2.24. The molecule has 1 aliphatic carbocycles. The molecule has 0 spiro atoms. The van der Waals surface area contributed by atoms with Gasteiger partial charge < -0.3 is 15.8 Å². The Hall–Kier alpha value is -2.34. The van der Waals surface area contributed by atoms with Crippen LogP contribution >= 0.6 is 11.3 Å². The van der Waals surface area contributed by atoms with Gasteiger partial charge in [-0.25, -0.2) is 0 Å². The van der Waals surface area contributed by atoms with E-state index in [1.165, 1.54) is 21.8 Å². The van der Waals surface area contributed by atoms with Gasteiger partial charge >= 0.3 is 0 Å². The fourth-order valence-electron chi connectivity index (χ4n) is 3.73. The second-order valence-corrected chi connectivity index (χ2v) is 9.65. The Morgan fingerprint density at radius 1 is 1.17 bits per heavy atom. The minimum absolute atomic E-state index is 0.111. The molecule has 2 aromatic rings. The molecule has 0 fully saturated rings. The molecule has 6 heteroatoms. The Morgan fingerprint density at radius 2 is 1.87 bits per heavy atom. The van der Waals surface area contributed by atoms with E-state index < -0.39 is 5.91 Å². The second-order valence-electron chi connectivity index (χ2n) is 8.54. The van der Waals surface area contributed by atoms with Crippen LogP contribution in [0.5, 0.6) is 5.75 Å². The summed E-state index contributed by atoms with van der Waals surface area (Å²) >= 11 is 1.50. The van der Waals surface area contributed by atoms with Crippen molar-refractivity contribution < 1.29 is 14.3 Å². The quantitative estimate of drug-likeness (QED) is 0.538. The molecule has 1 aromatic heterocycles. The minimum atomic E-state index is -0.456. The van der Waals surface area contributed by atoms with Gasteiger partial charge in [-0.1, -0.05) is 32.9 Å². The molecule has 1 aliphatic rings. The number of carbonyl (C=O) groups excluding carboxylic acids is 2.